The molecule has 132 valence electrons. The number of carboxylic acids is 1. The summed E-state index contributed by atoms with van der Waals surface area (Å²) in [5, 5.41) is 13.5. The van der Waals surface area contributed by atoms with Gasteiger partial charge in [-0.05, 0) is 36.1 Å². The molecule has 27 heavy (non-hydrogen) atoms. The summed E-state index contributed by atoms with van der Waals surface area (Å²) in [6.45, 7) is -0.640. The molecule has 6 nitrogen and oxygen atoms in total. The van der Waals surface area contributed by atoms with Gasteiger partial charge in [-0.3, -0.25) is 0 Å². The van der Waals surface area contributed by atoms with Crippen LogP contribution in [0.1, 0.15) is 26.6 Å². The topological polar surface area (TPSA) is 80.4 Å². The van der Waals surface area contributed by atoms with E-state index in [9.17, 15) is 14.3 Å². The van der Waals surface area contributed by atoms with E-state index in [0.717, 1.165) is 4.88 Å². The number of thiophene rings is 1. The summed E-state index contributed by atoms with van der Waals surface area (Å²) in [6, 6.07) is 10.3. The van der Waals surface area contributed by atoms with Gasteiger partial charge >= 0.3 is 5.97 Å². The van der Waals surface area contributed by atoms with Crippen LogP contribution in [0.5, 0.6) is 0 Å². The van der Waals surface area contributed by atoms with Crippen molar-refractivity contribution in [1.29, 1.82) is 0 Å². The monoisotopic (exact) mass is 378 g/mol. The van der Waals surface area contributed by atoms with Gasteiger partial charge in [0.1, 0.15) is 17.9 Å². The minimum atomic E-state index is -1.08. The molecule has 0 atom stereocenters. The number of aromatic carboxylic acids is 1. The van der Waals surface area contributed by atoms with Gasteiger partial charge in [0.05, 0.1) is 27.3 Å². The number of carboxylic acid groups (broad SMARTS) is 1. The molecule has 0 aromatic carbocycles. The second-order valence-corrected chi connectivity index (χ2v) is 6.59. The largest absolute Gasteiger partial charge is 0.478 e. The summed E-state index contributed by atoms with van der Waals surface area (Å²) >= 11 is 1.33. The maximum Gasteiger partial charge on any atom is 0.339 e. The molecule has 0 bridgehead atoms. The second kappa shape index (κ2) is 6.97. The molecule has 4 heterocycles. The summed E-state index contributed by atoms with van der Waals surface area (Å²) in [5.41, 5.74) is 1.79. The number of hydrogen-bond donors (Lipinski definition) is 1. The van der Waals surface area contributed by atoms with E-state index in [0.29, 0.717) is 27.6 Å². The SMILES string of the molecule is O=C(O)c1cn2nccc2nc1-c1ccc(C#Cc2cccc(CF)n2)s1. The van der Waals surface area contributed by atoms with Crippen LogP contribution in [0.15, 0.2) is 48.8 Å². The predicted molar refractivity (Wildman–Crippen MR) is 98.3 cm³/mol. The Hall–Kier alpha value is -3.57. The van der Waals surface area contributed by atoms with Crippen molar-refractivity contribution in [1.82, 2.24) is 19.6 Å². The van der Waals surface area contributed by atoms with Crippen LogP contribution >= 0.6 is 11.3 Å². The van der Waals surface area contributed by atoms with Crippen LogP contribution in [-0.2, 0) is 6.67 Å². The van der Waals surface area contributed by atoms with E-state index in [-0.39, 0.29) is 5.56 Å². The maximum absolute atomic E-state index is 12.7. The Bertz CT molecular complexity index is 1220. The Morgan fingerprint density at radius 1 is 1.19 bits per heavy atom. The average Bonchev–Trinajstić information content (AvgIpc) is 3.34. The molecule has 1 N–H and O–H groups in total. The van der Waals surface area contributed by atoms with Gasteiger partial charge in [-0.25, -0.2) is 23.7 Å². The van der Waals surface area contributed by atoms with E-state index in [1.54, 1.807) is 42.6 Å². The molecule has 8 heteroatoms. The van der Waals surface area contributed by atoms with Crippen molar-refractivity contribution >= 4 is 23.0 Å². The molecule has 0 aliphatic rings. The standard InChI is InChI=1S/C19H11FN4O2S/c20-10-13-3-1-2-12(22-13)4-5-14-6-7-16(27-14)18-15(19(25)26)11-24-17(23-18)8-9-21-24/h1-3,6-9,11H,10H2,(H,25,26). The van der Waals surface area contributed by atoms with Crippen LogP contribution < -0.4 is 0 Å². The van der Waals surface area contributed by atoms with Crippen LogP contribution in [0, 0.1) is 11.8 Å². The Morgan fingerprint density at radius 3 is 2.89 bits per heavy atom. The number of rotatable bonds is 3. The fraction of sp³-hybridized carbons (Fsp3) is 0.0526. The van der Waals surface area contributed by atoms with Crippen molar-refractivity contribution < 1.29 is 14.3 Å². The molecular weight excluding hydrogens is 367 g/mol. The highest BCUT2D eigenvalue weighted by atomic mass is 32.1. The molecule has 0 amide bonds. The zero-order valence-electron chi connectivity index (χ0n) is 13.8. The quantitative estimate of drug-likeness (QED) is 0.553. The predicted octanol–water partition coefficient (Wildman–Crippen LogP) is 3.42. The van der Waals surface area contributed by atoms with Crippen LogP contribution in [0.2, 0.25) is 0 Å². The highest BCUT2D eigenvalue weighted by Crippen LogP contribution is 2.29. The lowest BCUT2D eigenvalue weighted by Gasteiger charge is -2.03. The molecular formula is C19H11FN4O2S. The van der Waals surface area contributed by atoms with E-state index in [4.69, 9.17) is 0 Å². The maximum atomic E-state index is 12.7. The third kappa shape index (κ3) is 3.41. The van der Waals surface area contributed by atoms with Crippen molar-refractivity contribution in [3.63, 3.8) is 0 Å². The first-order valence-corrected chi connectivity index (χ1v) is 8.67. The molecule has 4 aromatic rings. The number of halogens is 1. The number of fused-ring (bicyclic) bond motifs is 1. The summed E-state index contributed by atoms with van der Waals surface area (Å²) < 4.78 is 14.1. The number of carbonyl (C=O) groups is 1. The van der Waals surface area contributed by atoms with Gasteiger partial charge in [-0.15, -0.1) is 11.3 Å². The lowest BCUT2D eigenvalue weighted by atomic mass is 10.2. The molecule has 0 spiro atoms. The number of alkyl halides is 1. The highest BCUT2D eigenvalue weighted by molar-refractivity contribution is 7.16. The van der Waals surface area contributed by atoms with Gasteiger partial charge in [0.15, 0.2) is 5.65 Å². The zero-order valence-corrected chi connectivity index (χ0v) is 14.6. The first-order chi connectivity index (χ1) is 13.1. The first kappa shape index (κ1) is 16.9. The summed E-state index contributed by atoms with van der Waals surface area (Å²) in [7, 11) is 0. The van der Waals surface area contributed by atoms with Crippen LogP contribution in [0.25, 0.3) is 16.2 Å². The number of aromatic nitrogens is 4. The molecule has 0 fully saturated rings. The van der Waals surface area contributed by atoms with Crippen molar-refractivity contribution in [3.05, 3.63) is 70.6 Å². The molecule has 0 saturated heterocycles. The minimum Gasteiger partial charge on any atom is -0.478 e. The molecule has 0 unspecified atom stereocenters. The van der Waals surface area contributed by atoms with Gasteiger partial charge in [0, 0.05) is 12.3 Å². The van der Waals surface area contributed by atoms with Crippen LogP contribution in [-0.4, -0.2) is 30.7 Å². The fourth-order valence-corrected chi connectivity index (χ4v) is 3.34. The van der Waals surface area contributed by atoms with Gasteiger partial charge in [-0.2, -0.15) is 5.10 Å². The zero-order chi connectivity index (χ0) is 18.8. The lowest BCUT2D eigenvalue weighted by molar-refractivity contribution is 0.0696. The van der Waals surface area contributed by atoms with Crippen molar-refractivity contribution in [2.45, 2.75) is 6.67 Å². The highest BCUT2D eigenvalue weighted by Gasteiger charge is 2.17. The van der Waals surface area contributed by atoms with Crippen molar-refractivity contribution in [2.75, 3.05) is 0 Å². The number of hydrogen-bond acceptors (Lipinski definition) is 5. The van der Waals surface area contributed by atoms with Crippen molar-refractivity contribution in [3.8, 4) is 22.4 Å². The Labute approximate surface area is 157 Å². The number of nitrogens with zero attached hydrogens (tertiary/aromatic N) is 4. The van der Waals surface area contributed by atoms with Crippen LogP contribution in [0.3, 0.4) is 0 Å². The van der Waals surface area contributed by atoms with Crippen molar-refractivity contribution in [2.24, 2.45) is 0 Å². The fourth-order valence-electron chi connectivity index (χ4n) is 2.48. The Kier molecular flexibility index (Phi) is 4.36. The molecule has 4 aromatic heterocycles. The lowest BCUT2D eigenvalue weighted by Crippen LogP contribution is -2.04. The Balaban J connectivity index is 1.71. The molecule has 0 aliphatic carbocycles. The van der Waals surface area contributed by atoms with Gasteiger partial charge in [0.2, 0.25) is 0 Å². The summed E-state index contributed by atoms with van der Waals surface area (Å²) in [6.07, 6.45) is 3.00. The normalized spacial score (nSPS) is 10.6. The van der Waals surface area contributed by atoms with Gasteiger partial charge in [-0.1, -0.05) is 6.07 Å². The van der Waals surface area contributed by atoms with E-state index in [1.165, 1.54) is 22.0 Å². The van der Waals surface area contributed by atoms with Gasteiger partial charge < -0.3 is 5.11 Å². The van der Waals surface area contributed by atoms with E-state index in [1.807, 2.05) is 0 Å². The third-order valence-corrected chi connectivity index (χ3v) is 4.72. The van der Waals surface area contributed by atoms with Gasteiger partial charge in [0.25, 0.3) is 0 Å². The third-order valence-electron chi connectivity index (χ3n) is 3.71. The summed E-state index contributed by atoms with van der Waals surface area (Å²) in [4.78, 5) is 21.5. The Morgan fingerprint density at radius 2 is 2.07 bits per heavy atom. The second-order valence-electron chi connectivity index (χ2n) is 5.50. The first-order valence-electron chi connectivity index (χ1n) is 7.86. The molecule has 0 aliphatic heterocycles. The smallest absolute Gasteiger partial charge is 0.339 e. The van der Waals surface area contributed by atoms with E-state index >= 15 is 0 Å². The molecule has 0 radical (unpaired) electrons. The minimum absolute atomic E-state index is 0.0601. The average molecular weight is 378 g/mol. The van der Waals surface area contributed by atoms with E-state index in [2.05, 4.69) is 26.9 Å². The van der Waals surface area contributed by atoms with E-state index < -0.39 is 12.6 Å². The molecule has 4 rings (SSSR count). The van der Waals surface area contributed by atoms with Crippen LogP contribution in [0.4, 0.5) is 4.39 Å². The summed E-state index contributed by atoms with van der Waals surface area (Å²) in [5.74, 6) is 4.79. The number of pyridine rings is 1. The molecule has 0 saturated carbocycles.